The number of thiazole rings is 1. The van der Waals surface area contributed by atoms with E-state index in [1.165, 1.54) is 28.1 Å². The van der Waals surface area contributed by atoms with Crippen LogP contribution >= 0.6 is 11.3 Å². The Morgan fingerprint density at radius 3 is 1.30 bits per heavy atom. The fraction of sp³-hybridized carbons (Fsp3) is 0.315. The third-order valence-electron chi connectivity index (χ3n) is 17.9. The van der Waals surface area contributed by atoms with Crippen LogP contribution in [0.5, 0.6) is 0 Å². The average molecular weight is 1490 g/mol. The quantitative estimate of drug-likeness (QED) is 0.134. The molecular formula is C73H70N16O18S. The number of amides is 8. The molecule has 7 atom stereocenters. The number of aromatic nitrogens is 4. The lowest BCUT2D eigenvalue weighted by Gasteiger charge is -2.22. The van der Waals surface area contributed by atoms with Gasteiger partial charge >= 0.3 is 22.3 Å². The Balaban J connectivity index is 0.000000111. The van der Waals surface area contributed by atoms with Gasteiger partial charge < -0.3 is 38.3 Å². The predicted molar refractivity (Wildman–Crippen MR) is 394 cm³/mol. The Morgan fingerprint density at radius 1 is 0.389 bits per heavy atom. The molecule has 5 aromatic carbocycles. The lowest BCUT2D eigenvalue weighted by Crippen LogP contribution is -2.40. The molecule has 0 fully saturated rings. The third-order valence-corrected chi connectivity index (χ3v) is 18.8. The number of urea groups is 1. The van der Waals surface area contributed by atoms with E-state index in [1.807, 2.05) is 119 Å². The minimum Gasteiger partial charge on any atom is -0.408 e. The molecule has 14 heterocycles. The van der Waals surface area contributed by atoms with E-state index in [2.05, 4.69) is 41.1 Å². The van der Waals surface area contributed by atoms with Gasteiger partial charge in [0.05, 0.1) is 96.2 Å². The van der Waals surface area contributed by atoms with Crippen LogP contribution in [0.25, 0.3) is 32.3 Å². The summed E-state index contributed by atoms with van der Waals surface area (Å²) < 4.78 is 12.6. The number of benzene rings is 5. The molecule has 7 unspecified atom stereocenters. The zero-order valence-electron chi connectivity index (χ0n) is 59.4. The van der Waals surface area contributed by atoms with Crippen molar-refractivity contribution in [1.29, 1.82) is 0 Å². The summed E-state index contributed by atoms with van der Waals surface area (Å²) in [6.07, 6.45) is 5.04. The van der Waals surface area contributed by atoms with Crippen LogP contribution in [-0.4, -0.2) is 146 Å². The highest BCUT2D eigenvalue weighted by molar-refractivity contribution is 7.16. The molecule has 556 valence electrons. The molecule has 35 heteroatoms. The van der Waals surface area contributed by atoms with E-state index in [-0.39, 0.29) is 65.0 Å². The molecule has 0 aliphatic carbocycles. The van der Waals surface area contributed by atoms with Gasteiger partial charge in [-0.25, -0.2) is 33.7 Å². The summed E-state index contributed by atoms with van der Waals surface area (Å²) in [4.78, 5) is 160. The van der Waals surface area contributed by atoms with Crippen molar-refractivity contribution in [1.82, 2.24) is 33.0 Å². The molecule has 8 amide bonds. The molecule has 8 aromatic rings. The zero-order valence-corrected chi connectivity index (χ0v) is 60.2. The number of anilines is 1. The third kappa shape index (κ3) is 15.2. The second-order valence-electron chi connectivity index (χ2n) is 26.0. The SMILES string of the molecule is CC1=NOC(N2C(=O)C=CC2=O)C1.CC1=NOC(N2C(=O)C=NC2=O)C1.CC1=NOC(N2C(=O)Cc3ccccc32)C1.CC1=NOC(N2C(=O)c3ccccc3C2=O)C1.CC1=NOC(n2c(=O)n(C)c3ccccc32)C1.CC1=NOC(n2c(=O)oc3ccccc32)C1.CC1=NOC(n2c(=O)sc3ccccc32)C1. The van der Waals surface area contributed by atoms with Crippen molar-refractivity contribution >= 4 is 137 Å². The zero-order chi connectivity index (χ0) is 76.2. The van der Waals surface area contributed by atoms with Crippen LogP contribution in [-0.2, 0) is 66.5 Å². The maximum absolute atomic E-state index is 12.2. The van der Waals surface area contributed by atoms with Crippen molar-refractivity contribution in [3.05, 3.63) is 181 Å². The number of para-hydroxylation sites is 6. The van der Waals surface area contributed by atoms with Crippen molar-refractivity contribution in [2.45, 2.75) is 143 Å². The molecule has 11 aliphatic heterocycles. The number of hydrogen-bond donors (Lipinski definition) is 0. The lowest BCUT2D eigenvalue weighted by atomic mass is 10.1. The van der Waals surface area contributed by atoms with Gasteiger partial charge in [-0.3, -0.25) is 52.2 Å². The van der Waals surface area contributed by atoms with Gasteiger partial charge in [0.25, 0.3) is 29.5 Å². The second kappa shape index (κ2) is 31.3. The number of oxime groups is 7. The largest absolute Gasteiger partial charge is 0.423 e. The number of oxazole rings is 1. The van der Waals surface area contributed by atoms with Crippen LogP contribution in [0, 0.1) is 0 Å². The normalized spacial score (nSPS) is 22.3. The van der Waals surface area contributed by atoms with Crippen LogP contribution in [0.4, 0.5) is 10.5 Å². The molecular weight excluding hydrogens is 1420 g/mol. The number of aryl methyl sites for hydroxylation is 1. The smallest absolute Gasteiger partial charge is 0.408 e. The number of imide groups is 3. The van der Waals surface area contributed by atoms with Gasteiger partial charge in [0.1, 0.15) is 0 Å². The number of nitrogens with zero attached hydrogens (tertiary/aromatic N) is 16. The van der Waals surface area contributed by atoms with Crippen LogP contribution in [0.2, 0.25) is 0 Å². The highest BCUT2D eigenvalue weighted by atomic mass is 32.1. The van der Waals surface area contributed by atoms with Gasteiger partial charge in [0, 0.05) is 64.1 Å². The topological polar surface area (TPSA) is 380 Å². The maximum atomic E-state index is 12.2. The van der Waals surface area contributed by atoms with Gasteiger partial charge in [0.15, 0.2) is 5.58 Å². The molecule has 0 saturated carbocycles. The molecule has 11 aliphatic rings. The molecule has 0 N–H and O–H groups in total. The number of fused-ring (bicyclic) bond motifs is 5. The van der Waals surface area contributed by atoms with Gasteiger partial charge in [-0.2, -0.15) is 4.99 Å². The van der Waals surface area contributed by atoms with Gasteiger partial charge in [-0.15, -0.1) is 0 Å². The second-order valence-corrected chi connectivity index (χ2v) is 27.0. The molecule has 0 spiro atoms. The standard InChI is InChI=1S/C12H13N3O2.C12H10N2O3.C12H12N2O2.C11H10N2O3.C11H10N2O2S.C8H8N2O3.C7H7N3O3/c1-8-7-11(17-13-8)15-10-6-4-3-5-9(10)14(2)12(15)16;1-7-6-10(17-13-7)14-11(15)8-4-2-3-5-9(8)12(14)16;1-8-6-12(16-13-8)14-10-5-3-2-4-9(10)7-11(14)15;1-7-6-10(16-12-7)13-8-4-2-3-5-9(8)15-11(13)14;1-7-6-10(15-12-7)13-8-4-2-3-5-9(8)16-11(13)14;1-5-4-8(13-9-5)10-6(11)2-3-7(10)12;1-4-2-6(13-9-4)10-5(11)3-8-7(10)12/h3-6,11H,7H2,1-2H3;2-5,10H,6H2,1H3;2-5,12H,6-7H2,1H3;2*2-5,10H,6H2,1H3;2-3,8H,4H2,1H3;3,6H,2H2,1H3. The first-order valence-corrected chi connectivity index (χ1v) is 34.9. The first kappa shape index (κ1) is 73.2. The minimum absolute atomic E-state index is 0.0103. The first-order chi connectivity index (χ1) is 52.0. The molecule has 34 nitrogen and oxygen atoms in total. The van der Waals surface area contributed by atoms with Crippen LogP contribution in [0.1, 0.15) is 138 Å². The Hall–Kier alpha value is -13.1. The van der Waals surface area contributed by atoms with Crippen molar-refractivity contribution in [2.24, 2.45) is 48.1 Å². The fourth-order valence-corrected chi connectivity index (χ4v) is 13.7. The number of carbonyl (C=O) groups is 7. The first-order valence-electron chi connectivity index (χ1n) is 34.0. The van der Waals surface area contributed by atoms with E-state index < -0.39 is 36.4 Å². The molecule has 108 heavy (non-hydrogen) atoms. The van der Waals surface area contributed by atoms with Crippen molar-refractivity contribution in [3.8, 4) is 0 Å². The molecule has 0 radical (unpaired) electrons. The fourth-order valence-electron chi connectivity index (χ4n) is 12.8. The minimum atomic E-state index is -0.609. The number of imidazole rings is 1. The Bertz CT molecular complexity index is 5210. The molecule has 0 saturated heterocycles. The average Bonchev–Trinajstić information content (AvgIpc) is 1.63. The van der Waals surface area contributed by atoms with E-state index in [9.17, 15) is 47.9 Å². The van der Waals surface area contributed by atoms with E-state index in [1.54, 1.807) is 76.8 Å². The number of hydrogen-bond acceptors (Lipinski definition) is 26. The molecule has 0 bridgehead atoms. The predicted octanol–water partition coefficient (Wildman–Crippen LogP) is 9.16. The van der Waals surface area contributed by atoms with E-state index in [0.717, 1.165) is 98.9 Å². The van der Waals surface area contributed by atoms with E-state index in [0.29, 0.717) is 68.1 Å². The summed E-state index contributed by atoms with van der Waals surface area (Å²) in [5.74, 6) is -2.03. The van der Waals surface area contributed by atoms with Crippen LogP contribution in [0.3, 0.4) is 0 Å². The summed E-state index contributed by atoms with van der Waals surface area (Å²) >= 11 is 1.24. The Kier molecular flexibility index (Phi) is 21.2. The summed E-state index contributed by atoms with van der Waals surface area (Å²) in [6, 6.07) is 36.7. The van der Waals surface area contributed by atoms with Crippen molar-refractivity contribution in [3.63, 3.8) is 0 Å². The summed E-state index contributed by atoms with van der Waals surface area (Å²) in [5, 5.41) is 26.6. The lowest BCUT2D eigenvalue weighted by molar-refractivity contribution is -0.150. The number of rotatable bonds is 7. The van der Waals surface area contributed by atoms with E-state index in [4.69, 9.17) is 38.3 Å². The Labute approximate surface area is 616 Å². The van der Waals surface area contributed by atoms with Crippen LogP contribution < -0.4 is 21.2 Å². The Morgan fingerprint density at radius 2 is 0.796 bits per heavy atom. The van der Waals surface area contributed by atoms with Crippen molar-refractivity contribution in [2.75, 3.05) is 4.90 Å². The summed E-state index contributed by atoms with van der Waals surface area (Å²) in [7, 11) is 1.77. The highest BCUT2D eigenvalue weighted by Gasteiger charge is 2.44. The molecule has 19 rings (SSSR count). The monoisotopic (exact) mass is 1490 g/mol. The van der Waals surface area contributed by atoms with E-state index >= 15 is 0 Å². The van der Waals surface area contributed by atoms with Gasteiger partial charge in [-0.1, -0.05) is 114 Å². The van der Waals surface area contributed by atoms with Crippen molar-refractivity contribution < 1.29 is 71.8 Å². The van der Waals surface area contributed by atoms with Crippen LogP contribution in [0.15, 0.2) is 193 Å². The number of aliphatic imine (C=N–C) groups is 1. The highest BCUT2D eigenvalue weighted by Crippen LogP contribution is 2.35. The van der Waals surface area contributed by atoms with Gasteiger partial charge in [-0.05, 0) is 109 Å². The maximum Gasteiger partial charge on any atom is 0.423 e. The van der Waals surface area contributed by atoms with Gasteiger partial charge in [0.2, 0.25) is 49.5 Å². The summed E-state index contributed by atoms with van der Waals surface area (Å²) in [6.45, 7) is 12.9. The summed E-state index contributed by atoms with van der Waals surface area (Å²) in [5.41, 5.74) is 12.8. The number of carbonyl (C=O) groups excluding carboxylic acids is 7. The molecule has 3 aromatic heterocycles.